The van der Waals surface area contributed by atoms with Crippen molar-refractivity contribution in [3.05, 3.63) is 34.9 Å². The molecule has 1 atom stereocenters. The molecule has 2 aliphatic rings. The van der Waals surface area contributed by atoms with Crippen molar-refractivity contribution in [1.82, 2.24) is 9.80 Å². The Morgan fingerprint density at radius 1 is 0.906 bits per heavy atom. The van der Waals surface area contributed by atoms with Crippen molar-refractivity contribution in [2.45, 2.75) is 64.3 Å². The number of hydrogen-bond acceptors (Lipinski definition) is 2. The lowest BCUT2D eigenvalue weighted by molar-refractivity contribution is -0.143. The first-order valence-electron chi connectivity index (χ1n) is 11.2. The van der Waals surface area contributed by atoms with Crippen LogP contribution in [0.25, 0.3) is 0 Å². The van der Waals surface area contributed by atoms with Gasteiger partial charge in [-0.1, -0.05) is 13.8 Å². The summed E-state index contributed by atoms with van der Waals surface area (Å²) in [6.45, 7) is 7.07. The number of likely N-dealkylation sites (tertiary alicyclic amines) is 2. The molecule has 0 spiro atoms. The number of amides is 1. The molecule has 32 heavy (non-hydrogen) atoms. The summed E-state index contributed by atoms with van der Waals surface area (Å²) in [5.41, 5.74) is -2.83. The van der Waals surface area contributed by atoms with Gasteiger partial charge in [0.25, 0.3) is 0 Å². The van der Waals surface area contributed by atoms with E-state index in [1.165, 1.54) is 12.8 Å². The van der Waals surface area contributed by atoms with E-state index in [0.29, 0.717) is 31.3 Å². The van der Waals surface area contributed by atoms with Gasteiger partial charge in [-0.2, -0.15) is 26.3 Å². The van der Waals surface area contributed by atoms with Crippen LogP contribution in [0.1, 0.15) is 56.2 Å². The monoisotopic (exact) mass is 464 g/mol. The van der Waals surface area contributed by atoms with Crippen LogP contribution >= 0.6 is 0 Å². The topological polar surface area (TPSA) is 23.6 Å². The van der Waals surface area contributed by atoms with E-state index >= 15 is 0 Å². The normalized spacial score (nSPS) is 21.1. The van der Waals surface area contributed by atoms with Gasteiger partial charge in [0.15, 0.2) is 0 Å². The Morgan fingerprint density at radius 2 is 1.41 bits per heavy atom. The predicted octanol–water partition coefficient (Wildman–Crippen LogP) is 5.63. The van der Waals surface area contributed by atoms with Gasteiger partial charge in [0.2, 0.25) is 5.91 Å². The summed E-state index contributed by atoms with van der Waals surface area (Å²) in [6, 6.07) is 1.97. The zero-order valence-electron chi connectivity index (χ0n) is 18.4. The van der Waals surface area contributed by atoms with Crippen molar-refractivity contribution in [3.63, 3.8) is 0 Å². The van der Waals surface area contributed by atoms with E-state index in [1.54, 1.807) is 11.8 Å². The van der Waals surface area contributed by atoms with Gasteiger partial charge in [-0.25, -0.2) is 0 Å². The second-order valence-corrected chi connectivity index (χ2v) is 9.29. The largest absolute Gasteiger partial charge is 0.416 e. The van der Waals surface area contributed by atoms with Crippen LogP contribution in [0.15, 0.2) is 18.2 Å². The molecule has 2 saturated heterocycles. The number of benzene rings is 1. The number of alkyl halides is 6. The molecule has 2 fully saturated rings. The molecule has 9 heteroatoms. The lowest BCUT2D eigenvalue weighted by atomic mass is 9.93. The molecule has 1 aromatic rings. The maximum absolute atomic E-state index is 13.1. The zero-order chi connectivity index (χ0) is 23.7. The average molecular weight is 464 g/mol. The summed E-state index contributed by atoms with van der Waals surface area (Å²) in [5.74, 6) is -0.184. The smallest absolute Gasteiger partial charge is 0.342 e. The standard InChI is InChI=1S/C23H30F6N2O/c1-15-3-7-30(8-4-15)20-5-9-31(10-6-20)21(32)16(2)11-17-12-18(22(24,25)26)14-19(13-17)23(27,28)29/h12-16,20H,3-11H2,1-2H3/t16-/m1/s1. The molecular formula is C23H30F6N2O. The van der Waals surface area contributed by atoms with Gasteiger partial charge in [0, 0.05) is 25.0 Å². The van der Waals surface area contributed by atoms with Crippen LogP contribution in [0.4, 0.5) is 26.3 Å². The predicted molar refractivity (Wildman–Crippen MR) is 109 cm³/mol. The van der Waals surface area contributed by atoms with E-state index < -0.39 is 29.4 Å². The maximum atomic E-state index is 13.1. The van der Waals surface area contributed by atoms with Crippen LogP contribution in [-0.2, 0) is 23.6 Å². The Hall–Kier alpha value is -1.77. The van der Waals surface area contributed by atoms with Gasteiger partial charge < -0.3 is 9.80 Å². The molecule has 0 unspecified atom stereocenters. The van der Waals surface area contributed by atoms with Gasteiger partial charge >= 0.3 is 12.4 Å². The number of piperidine rings is 2. The summed E-state index contributed by atoms with van der Waals surface area (Å²) in [6.07, 6.45) is -5.92. The van der Waals surface area contributed by atoms with Crippen molar-refractivity contribution >= 4 is 5.91 Å². The minimum Gasteiger partial charge on any atom is -0.342 e. The van der Waals surface area contributed by atoms with E-state index in [0.717, 1.165) is 31.8 Å². The van der Waals surface area contributed by atoms with Gasteiger partial charge in [-0.05, 0) is 74.9 Å². The first kappa shape index (κ1) is 24.9. The first-order valence-corrected chi connectivity index (χ1v) is 11.2. The van der Waals surface area contributed by atoms with Gasteiger partial charge in [0.1, 0.15) is 0 Å². The molecule has 0 aromatic heterocycles. The Morgan fingerprint density at radius 3 is 1.88 bits per heavy atom. The Labute approximate surface area is 184 Å². The number of halogens is 6. The third-order valence-corrected chi connectivity index (χ3v) is 6.72. The second kappa shape index (κ2) is 9.61. The van der Waals surface area contributed by atoms with E-state index in [9.17, 15) is 31.1 Å². The van der Waals surface area contributed by atoms with Crippen LogP contribution in [-0.4, -0.2) is 47.9 Å². The quantitative estimate of drug-likeness (QED) is 0.540. The van der Waals surface area contributed by atoms with Gasteiger partial charge in [0.05, 0.1) is 11.1 Å². The van der Waals surface area contributed by atoms with Crippen molar-refractivity contribution in [1.29, 1.82) is 0 Å². The number of hydrogen-bond donors (Lipinski definition) is 0. The molecule has 180 valence electrons. The lowest BCUT2D eigenvalue weighted by Gasteiger charge is -2.41. The highest BCUT2D eigenvalue weighted by molar-refractivity contribution is 5.79. The van der Waals surface area contributed by atoms with E-state index in [2.05, 4.69) is 11.8 Å². The van der Waals surface area contributed by atoms with Crippen molar-refractivity contribution in [2.24, 2.45) is 11.8 Å². The molecule has 0 bridgehead atoms. The van der Waals surface area contributed by atoms with Crippen molar-refractivity contribution in [3.8, 4) is 0 Å². The molecule has 0 N–H and O–H groups in total. The van der Waals surface area contributed by atoms with Crippen LogP contribution in [0, 0.1) is 11.8 Å². The number of rotatable bonds is 4. The minimum atomic E-state index is -4.89. The third kappa shape index (κ3) is 6.17. The van der Waals surface area contributed by atoms with Gasteiger partial charge in [-0.15, -0.1) is 0 Å². The fourth-order valence-electron chi connectivity index (χ4n) is 4.73. The molecule has 2 heterocycles. The summed E-state index contributed by atoms with van der Waals surface area (Å²) in [7, 11) is 0. The van der Waals surface area contributed by atoms with E-state index in [1.807, 2.05) is 0 Å². The summed E-state index contributed by atoms with van der Waals surface area (Å²) in [5, 5.41) is 0. The Bertz CT molecular complexity index is 758. The van der Waals surface area contributed by atoms with Crippen LogP contribution in [0.5, 0.6) is 0 Å². The average Bonchev–Trinajstić information content (AvgIpc) is 2.72. The zero-order valence-corrected chi connectivity index (χ0v) is 18.4. The first-order chi connectivity index (χ1) is 14.8. The lowest BCUT2D eigenvalue weighted by Crippen LogP contribution is -2.49. The summed E-state index contributed by atoms with van der Waals surface area (Å²) >= 11 is 0. The number of carbonyl (C=O) groups is 1. The number of nitrogens with zero attached hydrogens (tertiary/aromatic N) is 2. The molecule has 1 amide bonds. The fraction of sp³-hybridized carbons (Fsp3) is 0.696. The fourth-order valence-corrected chi connectivity index (χ4v) is 4.73. The molecule has 1 aromatic carbocycles. The Kier molecular flexibility index (Phi) is 7.47. The number of carbonyl (C=O) groups excluding carboxylic acids is 1. The second-order valence-electron chi connectivity index (χ2n) is 9.29. The maximum Gasteiger partial charge on any atom is 0.416 e. The highest BCUT2D eigenvalue weighted by atomic mass is 19.4. The van der Waals surface area contributed by atoms with Crippen molar-refractivity contribution < 1.29 is 31.1 Å². The van der Waals surface area contributed by atoms with Crippen molar-refractivity contribution in [2.75, 3.05) is 26.2 Å². The minimum absolute atomic E-state index is 0.113. The molecule has 0 radical (unpaired) electrons. The highest BCUT2D eigenvalue weighted by Gasteiger charge is 2.37. The van der Waals surface area contributed by atoms with Crippen LogP contribution in [0.3, 0.4) is 0 Å². The summed E-state index contributed by atoms with van der Waals surface area (Å²) in [4.78, 5) is 17.0. The van der Waals surface area contributed by atoms with E-state index in [-0.39, 0.29) is 24.0 Å². The molecule has 3 nitrogen and oxygen atoms in total. The van der Waals surface area contributed by atoms with Crippen LogP contribution < -0.4 is 0 Å². The molecule has 2 aliphatic heterocycles. The molecular weight excluding hydrogens is 434 g/mol. The summed E-state index contributed by atoms with van der Waals surface area (Å²) < 4.78 is 78.5. The van der Waals surface area contributed by atoms with Crippen LogP contribution in [0.2, 0.25) is 0 Å². The molecule has 0 saturated carbocycles. The highest BCUT2D eigenvalue weighted by Crippen LogP contribution is 2.37. The Balaban J connectivity index is 1.62. The molecule has 3 rings (SSSR count). The molecule has 0 aliphatic carbocycles. The third-order valence-electron chi connectivity index (χ3n) is 6.72. The SMILES string of the molecule is CC1CCN(C2CCN(C(=O)[C@H](C)Cc3cc(C(F)(F)F)cc(C(F)(F)F)c3)CC2)CC1. The van der Waals surface area contributed by atoms with E-state index in [4.69, 9.17) is 0 Å². The van der Waals surface area contributed by atoms with Gasteiger partial charge in [-0.3, -0.25) is 4.79 Å².